The molecule has 2 aromatic carbocycles. The molecule has 1 spiro atoms. The van der Waals surface area contributed by atoms with Crippen molar-refractivity contribution in [1.82, 2.24) is 39.5 Å². The first-order chi connectivity index (χ1) is 37.2. The van der Waals surface area contributed by atoms with Crippen molar-refractivity contribution < 1.29 is 33.1 Å². The summed E-state index contributed by atoms with van der Waals surface area (Å²) in [5.41, 5.74) is 4.67. The van der Waals surface area contributed by atoms with Crippen LogP contribution in [0.25, 0.3) is 22.3 Å². The number of likely N-dealkylation sites (tertiary alicyclic amines) is 3. The van der Waals surface area contributed by atoms with Crippen LogP contribution >= 0.6 is 0 Å². The normalized spacial score (nSPS) is 25.4. The minimum atomic E-state index is -0.761. The number of nitrogens with zero attached hydrogens (tertiary/aromatic N) is 8. The lowest BCUT2D eigenvalue weighted by atomic mass is 9.72. The van der Waals surface area contributed by atoms with Gasteiger partial charge in [0.25, 0.3) is 0 Å². The number of hydrogen-bond donors (Lipinski definition) is 2. The first-order valence-electron chi connectivity index (χ1n) is 28.4. The molecule has 6 fully saturated rings. The van der Waals surface area contributed by atoms with Gasteiger partial charge in [-0.05, 0) is 152 Å². The second-order valence-electron chi connectivity index (χ2n) is 23.7. The Morgan fingerprint density at radius 2 is 1.56 bits per heavy atom. The quantitative estimate of drug-likeness (QED) is 0.121. The average Bonchev–Trinajstić information content (AvgIpc) is 4.22. The maximum Gasteiger partial charge on any atom is 0.238 e. The van der Waals surface area contributed by atoms with E-state index in [1.165, 1.54) is 25.5 Å². The van der Waals surface area contributed by atoms with Gasteiger partial charge in [-0.3, -0.25) is 34.3 Å². The van der Waals surface area contributed by atoms with E-state index in [-0.39, 0.29) is 65.2 Å². The molecule has 1 atom stereocenters. The fourth-order valence-corrected chi connectivity index (χ4v) is 13.8. The number of amides is 5. The summed E-state index contributed by atoms with van der Waals surface area (Å²) < 4.78 is 23.4. The summed E-state index contributed by atoms with van der Waals surface area (Å²) in [5, 5.41) is 5.68. The van der Waals surface area contributed by atoms with E-state index in [4.69, 9.17) is 14.7 Å². The minimum absolute atomic E-state index is 0.00131. The zero-order valence-electron chi connectivity index (χ0n) is 44.6. The summed E-state index contributed by atoms with van der Waals surface area (Å²) in [5.74, 6) is 0.236. The Morgan fingerprint density at radius 3 is 2.26 bits per heavy atom. The predicted molar refractivity (Wildman–Crippen MR) is 290 cm³/mol. The molecule has 5 aliphatic heterocycles. The molecule has 2 saturated carbocycles. The van der Waals surface area contributed by atoms with Crippen molar-refractivity contribution in [2.24, 2.45) is 11.3 Å². The minimum Gasteiger partial charge on any atom is -0.490 e. The van der Waals surface area contributed by atoms with E-state index in [1.54, 1.807) is 18.6 Å². The first kappa shape index (κ1) is 51.0. The molecule has 8 heterocycles. The third-order valence-corrected chi connectivity index (χ3v) is 18.6. The van der Waals surface area contributed by atoms with Crippen molar-refractivity contribution in [3.63, 3.8) is 0 Å². The smallest absolute Gasteiger partial charge is 0.238 e. The highest BCUT2D eigenvalue weighted by Crippen LogP contribution is 2.53. The molecule has 2 N–H and O–H groups in total. The number of piperidine rings is 4. The Kier molecular flexibility index (Phi) is 13.6. The number of imidazole rings is 1. The van der Waals surface area contributed by atoms with Crippen LogP contribution in [0.2, 0.25) is 0 Å². The van der Waals surface area contributed by atoms with Gasteiger partial charge < -0.3 is 34.2 Å². The van der Waals surface area contributed by atoms with E-state index in [2.05, 4.69) is 64.4 Å². The molecule has 5 aromatic rings. The Bertz CT molecular complexity index is 3090. The van der Waals surface area contributed by atoms with Crippen LogP contribution in [-0.2, 0) is 29.4 Å². The Labute approximate surface area is 449 Å². The van der Waals surface area contributed by atoms with Crippen LogP contribution in [0.1, 0.15) is 140 Å². The number of pyridine rings is 2. The lowest BCUT2D eigenvalue weighted by molar-refractivity contribution is -0.150. The Balaban J connectivity index is 0.709. The number of nitrogens with one attached hydrogen (secondary N) is 2. The molecule has 404 valence electrons. The maximum absolute atomic E-state index is 15.4. The molecule has 1 unspecified atom stereocenters. The van der Waals surface area contributed by atoms with Gasteiger partial charge in [0.05, 0.1) is 46.9 Å². The van der Waals surface area contributed by atoms with Crippen molar-refractivity contribution in [3.8, 4) is 17.0 Å². The number of imide groups is 1. The Morgan fingerprint density at radius 1 is 0.831 bits per heavy atom. The molecule has 3 aromatic heterocycles. The molecular formula is C60H71FN10O6. The molecule has 7 aliphatic rings. The predicted octanol–water partition coefficient (Wildman–Crippen LogP) is 8.97. The highest BCUT2D eigenvalue weighted by molar-refractivity contribution is 6.10. The second kappa shape index (κ2) is 20.6. The number of benzene rings is 2. The van der Waals surface area contributed by atoms with Crippen LogP contribution in [0, 0.1) is 17.2 Å². The van der Waals surface area contributed by atoms with Crippen LogP contribution in [-0.4, -0.2) is 121 Å². The van der Waals surface area contributed by atoms with Crippen LogP contribution in [0.15, 0.2) is 73.3 Å². The third-order valence-electron chi connectivity index (χ3n) is 18.6. The number of halogens is 1. The van der Waals surface area contributed by atoms with Gasteiger partial charge in [-0.1, -0.05) is 37.6 Å². The van der Waals surface area contributed by atoms with E-state index in [1.807, 2.05) is 44.7 Å². The van der Waals surface area contributed by atoms with Gasteiger partial charge in [0, 0.05) is 79.5 Å². The molecule has 2 aliphatic carbocycles. The molecular weight excluding hydrogens is 976 g/mol. The molecule has 0 bridgehead atoms. The van der Waals surface area contributed by atoms with Crippen molar-refractivity contribution in [2.75, 3.05) is 49.5 Å². The van der Waals surface area contributed by atoms with E-state index in [0.717, 1.165) is 90.8 Å². The van der Waals surface area contributed by atoms with Gasteiger partial charge in [0.15, 0.2) is 11.6 Å². The topological polar surface area (TPSA) is 175 Å². The number of carbonyl (C=O) groups is 5. The van der Waals surface area contributed by atoms with E-state index in [9.17, 15) is 19.2 Å². The Hall–Kier alpha value is -6.75. The van der Waals surface area contributed by atoms with Gasteiger partial charge >= 0.3 is 0 Å². The second-order valence-corrected chi connectivity index (χ2v) is 23.7. The summed E-state index contributed by atoms with van der Waals surface area (Å²) in [6.07, 6.45) is 16.2. The number of fused-ring (bicyclic) bond motifs is 3. The SMILES string of the molecule is CC(C)n1cnc2cc(-c3ccc4c(c3)N(C3CC(N5CCCCC5)C3)C(=O)C43CCN(C(=O)C4(C)CCN(C(=O)C5CCC(Oc6ccc(C7CCC(=O)NC7=O)cc6)CC5)CC4)CC3)nc(Nc3ccncc3F)c21. The van der Waals surface area contributed by atoms with Crippen molar-refractivity contribution >= 4 is 57.8 Å². The van der Waals surface area contributed by atoms with E-state index < -0.39 is 16.6 Å². The lowest BCUT2D eigenvalue weighted by Gasteiger charge is -2.48. The number of anilines is 3. The largest absolute Gasteiger partial charge is 0.490 e. The van der Waals surface area contributed by atoms with Gasteiger partial charge in [0.2, 0.25) is 29.5 Å². The molecule has 77 heavy (non-hydrogen) atoms. The first-order valence-corrected chi connectivity index (χ1v) is 28.4. The standard InChI is InChI=1S/C60H71FN10O6/c1-37(2)70-36-63-50-34-49(65-54(53(50)70)64-48-19-24-62-35-47(48)61)40-11-17-46-51(31-40)71(42-32-41(33-42)67-25-5-4-6-26-67)58(76)60(46)22-29-69(30-23-60)57(75)59(3)20-27-68(28-21-59)56(74)39-9-14-44(15-10-39)77-43-12-7-38(8-13-43)45-16-18-52(72)66-55(45)73/h7-8,11-13,17,19,24,31,34-37,39,41-42,44-45H,4-6,9-10,14-16,18,20-23,25-30,32-33H2,1-3H3,(H,62,64,65)(H,66,72,73). The summed E-state index contributed by atoms with van der Waals surface area (Å²) in [6.45, 7) is 10.5. The maximum atomic E-state index is 15.4. The number of ether oxygens (including phenoxy) is 1. The highest BCUT2D eigenvalue weighted by Gasteiger charge is 2.56. The van der Waals surface area contributed by atoms with Gasteiger partial charge in [-0.2, -0.15) is 0 Å². The molecule has 17 heteroatoms. The van der Waals surface area contributed by atoms with Gasteiger partial charge in [-0.15, -0.1) is 0 Å². The fourth-order valence-electron chi connectivity index (χ4n) is 13.8. The van der Waals surface area contributed by atoms with Crippen molar-refractivity contribution in [3.05, 3.63) is 90.3 Å². The van der Waals surface area contributed by atoms with Crippen LogP contribution < -0.4 is 20.3 Å². The lowest BCUT2D eigenvalue weighted by Crippen LogP contribution is -2.59. The molecule has 5 amide bonds. The number of rotatable bonds is 11. The summed E-state index contributed by atoms with van der Waals surface area (Å²) in [4.78, 5) is 90.5. The monoisotopic (exact) mass is 1050 g/mol. The summed E-state index contributed by atoms with van der Waals surface area (Å²) in [6, 6.07) is 18.0. The van der Waals surface area contributed by atoms with Crippen molar-refractivity contribution in [2.45, 2.75) is 153 Å². The fraction of sp³-hybridized carbons (Fsp3) is 0.533. The third kappa shape index (κ3) is 9.53. The number of hydrogen-bond acceptors (Lipinski definition) is 11. The summed E-state index contributed by atoms with van der Waals surface area (Å²) in [7, 11) is 0. The molecule has 12 rings (SSSR count). The van der Waals surface area contributed by atoms with Crippen LogP contribution in [0.5, 0.6) is 5.75 Å². The zero-order valence-corrected chi connectivity index (χ0v) is 44.6. The average molecular weight is 1050 g/mol. The van der Waals surface area contributed by atoms with E-state index >= 15 is 9.18 Å². The van der Waals surface area contributed by atoms with Gasteiger partial charge in [-0.25, -0.2) is 14.4 Å². The zero-order chi connectivity index (χ0) is 53.2. The number of carbonyl (C=O) groups excluding carboxylic acids is 5. The van der Waals surface area contributed by atoms with Crippen LogP contribution in [0.4, 0.5) is 21.6 Å². The number of aromatic nitrogens is 4. The van der Waals surface area contributed by atoms with Crippen LogP contribution in [0.3, 0.4) is 0 Å². The van der Waals surface area contributed by atoms with Crippen molar-refractivity contribution in [1.29, 1.82) is 0 Å². The molecule has 4 saturated heterocycles. The van der Waals surface area contributed by atoms with Gasteiger partial charge in [0.1, 0.15) is 11.3 Å². The molecule has 16 nitrogen and oxygen atoms in total. The summed E-state index contributed by atoms with van der Waals surface area (Å²) >= 11 is 0. The highest BCUT2D eigenvalue weighted by atomic mass is 19.1. The van der Waals surface area contributed by atoms with E-state index in [0.29, 0.717) is 82.3 Å². The molecule has 0 radical (unpaired) electrons.